The van der Waals surface area contributed by atoms with Gasteiger partial charge in [-0.15, -0.1) is 0 Å². The van der Waals surface area contributed by atoms with Crippen LogP contribution in [0.1, 0.15) is 52.8 Å². The molecule has 174 valence electrons. The van der Waals surface area contributed by atoms with Crippen LogP contribution in [0.5, 0.6) is 0 Å². The van der Waals surface area contributed by atoms with E-state index >= 15 is 0 Å². The van der Waals surface area contributed by atoms with Crippen LogP contribution in [0, 0.1) is 29.9 Å². The van der Waals surface area contributed by atoms with E-state index in [1.54, 1.807) is 6.07 Å². The van der Waals surface area contributed by atoms with Crippen molar-refractivity contribution >= 4 is 11.6 Å². The van der Waals surface area contributed by atoms with Gasteiger partial charge in [0.25, 0.3) is 5.92 Å². The molecule has 0 saturated carbocycles. The number of hydrogen-bond acceptors (Lipinski definition) is 3. The zero-order valence-electron chi connectivity index (χ0n) is 18.6. The molecule has 8 heteroatoms. The maximum Gasteiger partial charge on any atom is 0.272 e. The predicted molar refractivity (Wildman–Crippen MR) is 118 cm³/mol. The van der Waals surface area contributed by atoms with Crippen LogP contribution in [0.2, 0.25) is 0 Å². The Morgan fingerprint density at radius 3 is 2.65 bits per heavy atom. The number of halogens is 4. The summed E-state index contributed by atoms with van der Waals surface area (Å²) in [5.74, 6) is -5.65. The maximum atomic E-state index is 14.7. The molecule has 0 radical (unpaired) electrons. The van der Waals surface area contributed by atoms with Crippen LogP contribution in [0.3, 0.4) is 0 Å². The standard InChI is InChI=1S/C26H21F4N3O/c1-15-21(26(2,29)30)11-17(13-32-15)19-7-8-20-23(28)4-3-5-24(20)33(25(19)34)14-18-10-16(12-31)6-9-22(18)27/h3-6,9-11,13,19H,7-8,14H2,1-2H3. The summed E-state index contributed by atoms with van der Waals surface area (Å²) in [5.41, 5.74) is 1.03. The van der Waals surface area contributed by atoms with Crippen LogP contribution in [0.4, 0.5) is 23.2 Å². The second-order valence-corrected chi connectivity index (χ2v) is 8.46. The minimum atomic E-state index is -3.16. The number of fused-ring (bicyclic) bond motifs is 1. The van der Waals surface area contributed by atoms with Crippen molar-refractivity contribution in [1.29, 1.82) is 5.26 Å². The van der Waals surface area contributed by atoms with Gasteiger partial charge >= 0.3 is 0 Å². The van der Waals surface area contributed by atoms with Gasteiger partial charge in [-0.1, -0.05) is 6.07 Å². The third kappa shape index (κ3) is 4.38. The lowest BCUT2D eigenvalue weighted by Crippen LogP contribution is -2.34. The number of carbonyl (C=O) groups excluding carboxylic acids is 1. The summed E-state index contributed by atoms with van der Waals surface area (Å²) < 4.78 is 57.6. The topological polar surface area (TPSA) is 57.0 Å². The second kappa shape index (κ2) is 8.90. The van der Waals surface area contributed by atoms with E-state index < -0.39 is 29.4 Å². The van der Waals surface area contributed by atoms with E-state index in [1.807, 2.05) is 6.07 Å². The molecule has 0 aliphatic carbocycles. The number of benzene rings is 2. The number of aromatic nitrogens is 1. The Hall–Kier alpha value is -3.73. The normalized spacial score (nSPS) is 16.1. The van der Waals surface area contributed by atoms with Gasteiger partial charge in [-0.25, -0.2) is 17.6 Å². The Kier molecular flexibility index (Phi) is 6.13. The first-order chi connectivity index (χ1) is 16.1. The maximum absolute atomic E-state index is 14.7. The Labute approximate surface area is 194 Å². The number of hydrogen-bond donors (Lipinski definition) is 0. The van der Waals surface area contributed by atoms with Crippen molar-refractivity contribution in [2.75, 3.05) is 4.90 Å². The highest BCUT2D eigenvalue weighted by atomic mass is 19.3. The molecule has 1 aliphatic rings. The van der Waals surface area contributed by atoms with E-state index in [4.69, 9.17) is 0 Å². The summed E-state index contributed by atoms with van der Waals surface area (Å²) >= 11 is 0. The lowest BCUT2D eigenvalue weighted by molar-refractivity contribution is -0.120. The number of carbonyl (C=O) groups is 1. The van der Waals surface area contributed by atoms with E-state index in [9.17, 15) is 27.6 Å². The monoisotopic (exact) mass is 467 g/mol. The third-order valence-corrected chi connectivity index (χ3v) is 6.12. The molecule has 1 atom stereocenters. The molecule has 1 aromatic heterocycles. The Morgan fingerprint density at radius 2 is 1.94 bits per heavy atom. The third-order valence-electron chi connectivity index (χ3n) is 6.12. The molecule has 2 aromatic carbocycles. The molecule has 0 spiro atoms. The Balaban J connectivity index is 1.82. The van der Waals surface area contributed by atoms with Crippen molar-refractivity contribution in [1.82, 2.24) is 4.98 Å². The molecule has 1 unspecified atom stereocenters. The molecular weight excluding hydrogens is 446 g/mol. The zero-order chi connectivity index (χ0) is 24.6. The highest BCUT2D eigenvalue weighted by Gasteiger charge is 2.35. The number of amides is 1. The smallest absolute Gasteiger partial charge is 0.272 e. The number of pyridine rings is 1. The summed E-state index contributed by atoms with van der Waals surface area (Å²) in [7, 11) is 0. The molecule has 1 aliphatic heterocycles. The first kappa shape index (κ1) is 23.4. The summed E-state index contributed by atoms with van der Waals surface area (Å²) in [5, 5.41) is 9.18. The van der Waals surface area contributed by atoms with Crippen LogP contribution >= 0.6 is 0 Å². The average molecular weight is 467 g/mol. The Morgan fingerprint density at radius 1 is 1.18 bits per heavy atom. The quantitative estimate of drug-likeness (QED) is 0.448. The van der Waals surface area contributed by atoms with Crippen LogP contribution in [-0.4, -0.2) is 10.9 Å². The highest BCUT2D eigenvalue weighted by Crippen LogP contribution is 2.38. The van der Waals surface area contributed by atoms with Gasteiger partial charge in [-0.05, 0) is 61.7 Å². The lowest BCUT2D eigenvalue weighted by atomic mass is 9.91. The zero-order valence-corrected chi connectivity index (χ0v) is 18.6. The van der Waals surface area contributed by atoms with Gasteiger partial charge in [0.1, 0.15) is 11.6 Å². The molecule has 2 heterocycles. The number of nitrogens with zero attached hydrogens (tertiary/aromatic N) is 3. The van der Waals surface area contributed by atoms with E-state index in [2.05, 4.69) is 4.98 Å². The Bertz CT molecular complexity index is 1310. The number of nitriles is 1. The number of aryl methyl sites for hydroxylation is 1. The van der Waals surface area contributed by atoms with Gasteiger partial charge in [0.15, 0.2) is 0 Å². The van der Waals surface area contributed by atoms with E-state index in [0.717, 1.165) is 13.0 Å². The van der Waals surface area contributed by atoms with Crippen LogP contribution in [0.25, 0.3) is 0 Å². The van der Waals surface area contributed by atoms with Gasteiger partial charge < -0.3 is 4.90 Å². The molecule has 4 rings (SSSR count). The lowest BCUT2D eigenvalue weighted by Gasteiger charge is -2.27. The highest BCUT2D eigenvalue weighted by molar-refractivity contribution is 5.99. The van der Waals surface area contributed by atoms with Gasteiger partial charge in [0, 0.05) is 35.5 Å². The molecule has 0 bridgehead atoms. The SMILES string of the molecule is Cc1ncc(C2CCc3c(F)cccc3N(Cc3cc(C#N)ccc3F)C2=O)cc1C(C)(F)F. The van der Waals surface area contributed by atoms with Crippen LogP contribution in [-0.2, 0) is 23.7 Å². The minimum Gasteiger partial charge on any atom is -0.307 e. The van der Waals surface area contributed by atoms with Gasteiger partial charge in [-0.3, -0.25) is 9.78 Å². The van der Waals surface area contributed by atoms with Crippen molar-refractivity contribution in [2.45, 2.75) is 45.1 Å². The molecule has 1 amide bonds. The van der Waals surface area contributed by atoms with Crippen molar-refractivity contribution in [3.05, 3.63) is 93.8 Å². The summed E-state index contributed by atoms with van der Waals surface area (Å²) in [6.07, 6.45) is 1.74. The summed E-state index contributed by atoms with van der Waals surface area (Å²) in [6, 6.07) is 11.3. The van der Waals surface area contributed by atoms with Crippen molar-refractivity contribution < 1.29 is 22.4 Å². The van der Waals surface area contributed by atoms with Crippen LogP contribution in [0.15, 0.2) is 48.7 Å². The van der Waals surface area contributed by atoms with Gasteiger partial charge in [-0.2, -0.15) is 5.26 Å². The molecule has 0 N–H and O–H groups in total. The van der Waals surface area contributed by atoms with E-state index in [-0.39, 0.29) is 58.6 Å². The molecule has 34 heavy (non-hydrogen) atoms. The minimum absolute atomic E-state index is 0.0890. The van der Waals surface area contributed by atoms with Crippen LogP contribution < -0.4 is 4.90 Å². The van der Waals surface area contributed by atoms with Crippen molar-refractivity contribution in [3.63, 3.8) is 0 Å². The van der Waals surface area contributed by atoms with Gasteiger partial charge in [0.2, 0.25) is 5.91 Å². The molecule has 4 nitrogen and oxygen atoms in total. The number of rotatable bonds is 4. The fourth-order valence-corrected chi connectivity index (χ4v) is 4.36. The van der Waals surface area contributed by atoms with Crippen molar-refractivity contribution in [3.8, 4) is 6.07 Å². The van der Waals surface area contributed by atoms with E-state index in [0.29, 0.717) is 0 Å². The first-order valence-corrected chi connectivity index (χ1v) is 10.7. The largest absolute Gasteiger partial charge is 0.307 e. The number of alkyl halides is 2. The second-order valence-electron chi connectivity index (χ2n) is 8.46. The molecule has 0 fully saturated rings. The predicted octanol–water partition coefficient (Wildman–Crippen LogP) is 5.91. The molecular formula is C26H21F4N3O. The summed E-state index contributed by atoms with van der Waals surface area (Å²) in [4.78, 5) is 19.1. The fourth-order valence-electron chi connectivity index (χ4n) is 4.36. The number of anilines is 1. The van der Waals surface area contributed by atoms with Gasteiger partial charge in [0.05, 0.1) is 29.8 Å². The summed E-state index contributed by atoms with van der Waals surface area (Å²) in [6.45, 7) is 1.98. The molecule has 0 saturated heterocycles. The van der Waals surface area contributed by atoms with E-state index in [1.165, 1.54) is 48.4 Å². The van der Waals surface area contributed by atoms with Crippen molar-refractivity contribution in [2.24, 2.45) is 0 Å². The first-order valence-electron chi connectivity index (χ1n) is 10.7. The molecule has 3 aromatic rings. The average Bonchev–Trinajstić information content (AvgIpc) is 2.92. The fraction of sp³-hybridized carbons (Fsp3) is 0.269.